The summed E-state index contributed by atoms with van der Waals surface area (Å²) in [6.45, 7) is 1.70. The molecule has 6 heteroatoms. The Balaban J connectivity index is 1.70. The van der Waals surface area contributed by atoms with Gasteiger partial charge in [-0.25, -0.2) is 0 Å². The van der Waals surface area contributed by atoms with Crippen molar-refractivity contribution in [3.05, 3.63) is 71.3 Å². The molecule has 0 atom stereocenters. The van der Waals surface area contributed by atoms with E-state index in [0.29, 0.717) is 5.56 Å². The van der Waals surface area contributed by atoms with E-state index in [-0.39, 0.29) is 24.8 Å². The second-order valence-electron chi connectivity index (χ2n) is 5.31. The van der Waals surface area contributed by atoms with Gasteiger partial charge < -0.3 is 5.32 Å². The number of aryl methyl sites for hydroxylation is 1. The number of nitrogens with one attached hydrogen (secondary N) is 3. The van der Waals surface area contributed by atoms with Crippen molar-refractivity contribution in [3.63, 3.8) is 0 Å². The highest BCUT2D eigenvalue weighted by molar-refractivity contribution is 5.96. The average Bonchev–Trinajstić information content (AvgIpc) is 2.59. The van der Waals surface area contributed by atoms with Gasteiger partial charge >= 0.3 is 0 Å². The van der Waals surface area contributed by atoms with Crippen LogP contribution in [0, 0.1) is 6.92 Å². The molecule has 124 valence electrons. The van der Waals surface area contributed by atoms with Gasteiger partial charge in [-0.1, -0.05) is 48.0 Å². The molecular formula is C18H19N3O3. The summed E-state index contributed by atoms with van der Waals surface area (Å²) in [5.74, 6) is -1.18. The first kappa shape index (κ1) is 17.2. The molecule has 0 aliphatic heterocycles. The average molecular weight is 325 g/mol. The number of hydrogen-bond donors (Lipinski definition) is 3. The predicted molar refractivity (Wildman–Crippen MR) is 89.9 cm³/mol. The maximum absolute atomic E-state index is 11.9. The molecule has 0 spiro atoms. The minimum absolute atomic E-state index is 0.164. The van der Waals surface area contributed by atoms with E-state index in [2.05, 4.69) is 16.2 Å². The SMILES string of the molecule is Cc1ccc(C(=O)NCC(=O)NNC(=O)Cc2ccccc2)cc1. The smallest absolute Gasteiger partial charge is 0.257 e. The third-order valence-electron chi connectivity index (χ3n) is 3.27. The second-order valence-corrected chi connectivity index (χ2v) is 5.31. The number of carbonyl (C=O) groups excluding carboxylic acids is 3. The van der Waals surface area contributed by atoms with E-state index in [4.69, 9.17) is 0 Å². The highest BCUT2D eigenvalue weighted by Gasteiger charge is 2.09. The summed E-state index contributed by atoms with van der Waals surface area (Å²) in [5, 5.41) is 2.49. The molecule has 0 saturated heterocycles. The first-order valence-electron chi connectivity index (χ1n) is 7.51. The van der Waals surface area contributed by atoms with Crippen molar-refractivity contribution in [2.75, 3.05) is 6.54 Å². The largest absolute Gasteiger partial charge is 0.343 e. The molecule has 0 heterocycles. The fraction of sp³-hybridized carbons (Fsp3) is 0.167. The Morgan fingerprint density at radius 3 is 2.12 bits per heavy atom. The lowest BCUT2D eigenvalue weighted by atomic mass is 10.1. The molecule has 3 amide bonds. The molecule has 0 radical (unpaired) electrons. The zero-order chi connectivity index (χ0) is 17.4. The molecule has 0 fully saturated rings. The Kier molecular flexibility index (Phi) is 6.08. The summed E-state index contributed by atoms with van der Waals surface area (Å²) in [6.07, 6.45) is 0.164. The lowest BCUT2D eigenvalue weighted by Crippen LogP contribution is -2.46. The first-order chi connectivity index (χ1) is 11.5. The molecule has 0 aromatic heterocycles. The standard InChI is InChI=1S/C18H19N3O3/c1-13-7-9-15(10-8-13)18(24)19-12-17(23)21-20-16(22)11-14-5-3-2-4-6-14/h2-10H,11-12H2,1H3,(H,19,24)(H,20,22)(H,21,23). The maximum Gasteiger partial charge on any atom is 0.257 e. The van der Waals surface area contributed by atoms with Crippen LogP contribution in [0.1, 0.15) is 21.5 Å². The molecule has 0 aliphatic rings. The van der Waals surface area contributed by atoms with Crippen LogP contribution in [-0.2, 0) is 16.0 Å². The van der Waals surface area contributed by atoms with Crippen LogP contribution in [0.15, 0.2) is 54.6 Å². The fourth-order valence-corrected chi connectivity index (χ4v) is 1.98. The summed E-state index contributed by atoms with van der Waals surface area (Å²) in [5.41, 5.74) is 6.94. The zero-order valence-electron chi connectivity index (χ0n) is 13.3. The van der Waals surface area contributed by atoms with Crippen LogP contribution >= 0.6 is 0 Å². The van der Waals surface area contributed by atoms with Crippen molar-refractivity contribution in [1.29, 1.82) is 0 Å². The lowest BCUT2D eigenvalue weighted by molar-refractivity contribution is -0.128. The molecule has 3 N–H and O–H groups in total. The highest BCUT2D eigenvalue weighted by atomic mass is 16.2. The molecule has 24 heavy (non-hydrogen) atoms. The highest BCUT2D eigenvalue weighted by Crippen LogP contribution is 2.02. The van der Waals surface area contributed by atoms with E-state index in [1.165, 1.54) is 0 Å². The van der Waals surface area contributed by atoms with Gasteiger partial charge in [0.2, 0.25) is 5.91 Å². The van der Waals surface area contributed by atoms with E-state index in [1.54, 1.807) is 12.1 Å². The molecule has 0 bridgehead atoms. The van der Waals surface area contributed by atoms with Crippen LogP contribution in [-0.4, -0.2) is 24.3 Å². The van der Waals surface area contributed by atoms with Crippen molar-refractivity contribution in [2.24, 2.45) is 0 Å². The summed E-state index contributed by atoms with van der Waals surface area (Å²) in [7, 11) is 0. The Morgan fingerprint density at radius 1 is 0.833 bits per heavy atom. The molecular weight excluding hydrogens is 306 g/mol. The van der Waals surface area contributed by atoms with Gasteiger partial charge in [-0.05, 0) is 24.6 Å². The molecule has 0 aliphatic carbocycles. The second kappa shape index (κ2) is 8.47. The van der Waals surface area contributed by atoms with E-state index < -0.39 is 5.91 Å². The van der Waals surface area contributed by atoms with Crippen LogP contribution in [0.25, 0.3) is 0 Å². The molecule has 2 rings (SSSR count). The lowest BCUT2D eigenvalue weighted by Gasteiger charge is -2.08. The summed E-state index contributed by atoms with van der Waals surface area (Å²) < 4.78 is 0. The van der Waals surface area contributed by atoms with E-state index >= 15 is 0 Å². The van der Waals surface area contributed by atoms with Crippen molar-refractivity contribution in [2.45, 2.75) is 13.3 Å². The van der Waals surface area contributed by atoms with Gasteiger partial charge in [-0.2, -0.15) is 0 Å². The topological polar surface area (TPSA) is 87.3 Å². The van der Waals surface area contributed by atoms with Crippen molar-refractivity contribution in [1.82, 2.24) is 16.2 Å². The van der Waals surface area contributed by atoms with Crippen molar-refractivity contribution < 1.29 is 14.4 Å². The Hall–Kier alpha value is -3.15. The first-order valence-corrected chi connectivity index (χ1v) is 7.51. The van der Waals surface area contributed by atoms with Crippen LogP contribution in [0.4, 0.5) is 0 Å². The van der Waals surface area contributed by atoms with Crippen molar-refractivity contribution in [3.8, 4) is 0 Å². The summed E-state index contributed by atoms with van der Waals surface area (Å²) >= 11 is 0. The van der Waals surface area contributed by atoms with Gasteiger partial charge in [0.1, 0.15) is 0 Å². The van der Waals surface area contributed by atoms with Gasteiger partial charge in [0.05, 0.1) is 13.0 Å². The zero-order valence-corrected chi connectivity index (χ0v) is 13.3. The summed E-state index contributed by atoms with van der Waals surface area (Å²) in [6, 6.07) is 16.2. The fourth-order valence-electron chi connectivity index (χ4n) is 1.98. The van der Waals surface area contributed by atoms with Crippen LogP contribution in [0.2, 0.25) is 0 Å². The van der Waals surface area contributed by atoms with Crippen LogP contribution in [0.3, 0.4) is 0 Å². The number of amides is 3. The Morgan fingerprint density at radius 2 is 1.46 bits per heavy atom. The quantitative estimate of drug-likeness (QED) is 0.720. The number of rotatable bonds is 5. The minimum Gasteiger partial charge on any atom is -0.343 e. The number of hydrazine groups is 1. The number of benzene rings is 2. The van der Waals surface area contributed by atoms with Gasteiger partial charge in [0, 0.05) is 5.56 Å². The normalized spacial score (nSPS) is 9.88. The Bertz CT molecular complexity index is 712. The monoisotopic (exact) mass is 325 g/mol. The maximum atomic E-state index is 11.9. The van der Waals surface area contributed by atoms with Crippen LogP contribution < -0.4 is 16.2 Å². The van der Waals surface area contributed by atoms with Gasteiger partial charge in [0.25, 0.3) is 11.8 Å². The molecule has 2 aromatic carbocycles. The van der Waals surface area contributed by atoms with E-state index in [9.17, 15) is 14.4 Å². The van der Waals surface area contributed by atoms with E-state index in [0.717, 1.165) is 11.1 Å². The van der Waals surface area contributed by atoms with Crippen LogP contribution in [0.5, 0.6) is 0 Å². The molecule has 0 unspecified atom stereocenters. The predicted octanol–water partition coefficient (Wildman–Crippen LogP) is 1.11. The van der Waals surface area contributed by atoms with Gasteiger partial charge in [-0.15, -0.1) is 0 Å². The Labute approximate surface area is 140 Å². The third kappa shape index (κ3) is 5.57. The molecule has 6 nitrogen and oxygen atoms in total. The van der Waals surface area contributed by atoms with E-state index in [1.807, 2.05) is 49.4 Å². The molecule has 2 aromatic rings. The van der Waals surface area contributed by atoms with Gasteiger partial charge in [-0.3, -0.25) is 25.2 Å². The third-order valence-corrected chi connectivity index (χ3v) is 3.27. The van der Waals surface area contributed by atoms with Crippen molar-refractivity contribution >= 4 is 17.7 Å². The molecule has 0 saturated carbocycles. The van der Waals surface area contributed by atoms with Gasteiger partial charge in [0.15, 0.2) is 0 Å². The minimum atomic E-state index is -0.503. The summed E-state index contributed by atoms with van der Waals surface area (Å²) in [4.78, 5) is 35.2. The number of hydrogen-bond acceptors (Lipinski definition) is 3. The number of carbonyl (C=O) groups is 3.